The number of aldehydes is 1. The number of esters is 2. The Morgan fingerprint density at radius 3 is 1.31 bits per heavy atom. The van der Waals surface area contributed by atoms with Crippen molar-refractivity contribution in [1.82, 2.24) is 54.8 Å². The Hall–Kier alpha value is -12.8. The summed E-state index contributed by atoms with van der Waals surface area (Å²) in [7, 11) is 2.57. The van der Waals surface area contributed by atoms with Gasteiger partial charge in [0.1, 0.15) is 73.7 Å². The molecule has 0 saturated heterocycles. The van der Waals surface area contributed by atoms with Gasteiger partial charge in [0, 0.05) is 90.7 Å². The largest absolute Gasteiger partial charge is 0.464 e. The normalized spacial score (nSPS) is 11.3. The summed E-state index contributed by atoms with van der Waals surface area (Å²) < 4.78 is 77.5. The van der Waals surface area contributed by atoms with Gasteiger partial charge in [-0.2, -0.15) is 0 Å². The lowest BCUT2D eigenvalue weighted by Gasteiger charge is -2.18. The third kappa shape index (κ3) is 20.6. The van der Waals surface area contributed by atoms with Crippen LogP contribution in [0.4, 0.5) is 17.6 Å². The first-order valence-corrected chi connectivity index (χ1v) is 38.5. The molecule has 16 rings (SSSR count). The van der Waals surface area contributed by atoms with Gasteiger partial charge in [0.25, 0.3) is 27.8 Å². The Kier molecular flexibility index (Phi) is 30.1. The first kappa shape index (κ1) is 90.5. The molecule has 0 saturated carbocycles. The zero-order valence-corrected chi connectivity index (χ0v) is 69.8. The fourth-order valence-electron chi connectivity index (χ4n) is 12.5. The number of fused-ring (bicyclic) bond motifs is 5. The van der Waals surface area contributed by atoms with Crippen LogP contribution in [0.25, 0.3) is 60.8 Å². The summed E-state index contributed by atoms with van der Waals surface area (Å²) in [5, 5.41) is 16.4. The number of nitrogens with one attached hydrogen (secondary N) is 2. The van der Waals surface area contributed by atoms with Crippen LogP contribution in [0, 0.1) is 37.1 Å². The molecule has 2 unspecified atom stereocenters. The number of benzene rings is 4. The summed E-state index contributed by atoms with van der Waals surface area (Å²) in [5.41, 5.74) is 13.3. The third-order valence-corrected chi connectivity index (χ3v) is 20.0. The minimum Gasteiger partial charge on any atom is -0.464 e. The number of carbonyl (C=O) groups excluding carboxylic acids is 4. The summed E-state index contributed by atoms with van der Waals surface area (Å²) >= 11 is 41.3. The number of ether oxygens (including phenoxy) is 2. The molecule has 27 nitrogen and oxygen atoms in total. The van der Waals surface area contributed by atoms with E-state index < -0.39 is 58.2 Å². The molecule has 0 aliphatic rings. The number of carbonyl (C=O) groups is 4. The Labute approximate surface area is 716 Å². The highest BCUT2D eigenvalue weighted by atomic mass is 35.5. The monoisotopic (exact) mass is 1790 g/mol. The van der Waals surface area contributed by atoms with Crippen molar-refractivity contribution in [3.05, 3.63) is 374 Å². The van der Waals surface area contributed by atoms with Gasteiger partial charge in [-0.3, -0.25) is 51.8 Å². The molecule has 121 heavy (non-hydrogen) atoms. The molecule has 16 aromatic rings. The van der Waals surface area contributed by atoms with Crippen LogP contribution in [-0.4, -0.2) is 98.1 Å². The Balaban J connectivity index is 0.000000151. The molecular formula is C83H68Cl7F4N15O12. The first-order chi connectivity index (χ1) is 57.8. The van der Waals surface area contributed by atoms with Gasteiger partial charge < -0.3 is 51.1 Å². The topological polar surface area (TPSA) is 319 Å². The maximum atomic E-state index is 13.7. The number of hydrogen-bond acceptors (Lipinski definition) is 13. The smallest absolute Gasteiger partial charge is 0.356 e. The van der Waals surface area contributed by atoms with E-state index >= 15 is 0 Å². The van der Waals surface area contributed by atoms with Gasteiger partial charge in [0.15, 0.2) is 6.29 Å². The summed E-state index contributed by atoms with van der Waals surface area (Å²) in [6.45, 7) is 8.82. The van der Waals surface area contributed by atoms with E-state index in [4.69, 9.17) is 86.7 Å². The van der Waals surface area contributed by atoms with E-state index in [1.807, 2.05) is 20.0 Å². The molecule has 0 bridgehead atoms. The SMILES string of the molecule is CCC(N=[N+]=[N-])c1cn2ccc(Cl)c2c(=O)n1-c1cccc(F)c1.CCC(O)c1cn2ccc(Cl)c2c(=O)n1-c1cccc(F)c1.COC(=O)c1[nH]ccc1Cl.COC(=O)c1c(Cl)ccn1CC(C)=O.Cc1cn2ccc(Cl)c2c(=O)[nH]1.Cc1cn2ccc(Cl)c2c(=O)n1-c1cccc(F)c1.O=Cc1cn2ccc(Cl)c2c(=O)n1-c1cccc(F)c1. The average Bonchev–Trinajstić information content (AvgIpc) is 1.69. The number of aryl methyl sites for hydroxylation is 2. The zero-order chi connectivity index (χ0) is 88.0. The van der Waals surface area contributed by atoms with Crippen LogP contribution in [0.5, 0.6) is 0 Å². The van der Waals surface area contributed by atoms with E-state index in [1.54, 1.807) is 166 Å². The number of ketones is 1. The Bertz CT molecular complexity index is 6970. The van der Waals surface area contributed by atoms with E-state index in [0.717, 1.165) is 10.3 Å². The van der Waals surface area contributed by atoms with E-state index in [-0.39, 0.29) is 72.9 Å². The molecule has 0 aliphatic carbocycles. The molecule has 0 aliphatic heterocycles. The highest BCUT2D eigenvalue weighted by molar-refractivity contribution is 6.36. The number of halogens is 11. The molecule has 624 valence electrons. The number of azide groups is 1. The molecule has 12 aromatic heterocycles. The van der Waals surface area contributed by atoms with Crippen molar-refractivity contribution in [3.8, 4) is 22.7 Å². The van der Waals surface area contributed by atoms with E-state index in [1.165, 1.54) is 117 Å². The van der Waals surface area contributed by atoms with E-state index in [0.29, 0.717) is 95.1 Å². The summed E-state index contributed by atoms with van der Waals surface area (Å²) in [4.78, 5) is 114. The second-order valence-corrected chi connectivity index (χ2v) is 28.8. The van der Waals surface area contributed by atoms with Crippen LogP contribution in [0.3, 0.4) is 0 Å². The van der Waals surface area contributed by atoms with E-state index in [2.05, 4.69) is 29.5 Å². The molecule has 38 heteroatoms. The fraction of sp³-hybridized carbons (Fsp3) is 0.145. The van der Waals surface area contributed by atoms with Crippen molar-refractivity contribution >= 4 is 133 Å². The fourth-order valence-corrected chi connectivity index (χ4v) is 14.1. The minimum absolute atomic E-state index is 0.0533. The van der Waals surface area contributed by atoms with Crippen molar-refractivity contribution < 1.29 is 51.3 Å². The quantitative estimate of drug-likeness (QED) is 0.0228. The maximum absolute atomic E-state index is 13.7. The lowest BCUT2D eigenvalue weighted by Crippen LogP contribution is -2.25. The van der Waals surface area contributed by atoms with Gasteiger partial charge in [-0.1, -0.05) is 124 Å². The molecule has 12 heterocycles. The van der Waals surface area contributed by atoms with Crippen molar-refractivity contribution in [1.29, 1.82) is 0 Å². The first-order valence-electron chi connectivity index (χ1n) is 35.8. The number of nitrogens with zero attached hydrogens (tertiary/aromatic N) is 13. The predicted octanol–water partition coefficient (Wildman–Crippen LogP) is 18.4. The van der Waals surface area contributed by atoms with Gasteiger partial charge in [-0.15, -0.1) is 0 Å². The van der Waals surface area contributed by atoms with Gasteiger partial charge in [-0.25, -0.2) is 27.2 Å². The summed E-state index contributed by atoms with van der Waals surface area (Å²) in [6.07, 6.45) is 20.5. The highest BCUT2D eigenvalue weighted by Gasteiger charge is 2.24. The number of hydrogen-bond donors (Lipinski definition) is 3. The van der Waals surface area contributed by atoms with Gasteiger partial charge >= 0.3 is 11.9 Å². The van der Waals surface area contributed by atoms with Gasteiger partial charge in [0.2, 0.25) is 0 Å². The molecule has 2 atom stereocenters. The van der Waals surface area contributed by atoms with Crippen LogP contribution >= 0.6 is 81.2 Å². The second kappa shape index (κ2) is 40.3. The number of aliphatic hydroxyl groups excluding tert-OH is 1. The second-order valence-electron chi connectivity index (χ2n) is 26.0. The number of H-pyrrole nitrogens is 2. The van der Waals surface area contributed by atoms with Crippen LogP contribution in [0.15, 0.2) is 243 Å². The van der Waals surface area contributed by atoms with Crippen LogP contribution in [0.2, 0.25) is 35.2 Å². The number of Topliss-reactive ketones (excluding diaryl/α,β-unsaturated/α-hetero) is 1. The minimum atomic E-state index is -0.846. The van der Waals surface area contributed by atoms with Crippen LogP contribution < -0.4 is 27.8 Å². The molecule has 0 fully saturated rings. The van der Waals surface area contributed by atoms with Gasteiger partial charge in [-0.05, 0) is 154 Å². The number of aromatic amines is 2. The van der Waals surface area contributed by atoms with E-state index in [9.17, 15) is 65.8 Å². The third-order valence-electron chi connectivity index (χ3n) is 17.9. The van der Waals surface area contributed by atoms with Crippen molar-refractivity contribution in [2.75, 3.05) is 14.2 Å². The molecular weight excluding hydrogens is 1720 g/mol. The van der Waals surface area contributed by atoms with Crippen LogP contribution in [0.1, 0.15) is 100.0 Å². The number of methoxy groups -OCH3 is 2. The molecule has 4 aromatic carbocycles. The number of rotatable bonds is 14. The zero-order valence-electron chi connectivity index (χ0n) is 64.5. The molecule has 3 N–H and O–H groups in total. The summed E-state index contributed by atoms with van der Waals surface area (Å²) in [5.74, 6) is -2.84. The average molecular weight is 1790 g/mol. The maximum Gasteiger partial charge on any atom is 0.356 e. The van der Waals surface area contributed by atoms with Crippen molar-refractivity contribution in [2.24, 2.45) is 5.11 Å². The van der Waals surface area contributed by atoms with Crippen molar-refractivity contribution in [2.45, 2.75) is 66.2 Å². The Morgan fingerprint density at radius 2 is 0.901 bits per heavy atom. The summed E-state index contributed by atoms with van der Waals surface area (Å²) in [6, 6.07) is 33.4. The predicted molar refractivity (Wildman–Crippen MR) is 456 cm³/mol. The molecule has 0 spiro atoms. The number of aliphatic hydroxyl groups is 1. The lowest BCUT2D eigenvalue weighted by molar-refractivity contribution is -0.117. The highest BCUT2D eigenvalue weighted by Crippen LogP contribution is 2.29. The lowest BCUT2D eigenvalue weighted by atomic mass is 10.1. The standard InChI is InChI=1S/C16H13ClFN5O.C16H14ClFN2O2.C14H8ClFN2O2.C14H10ClFN2O.C9H10ClNO3.C8H7ClN2O.C6H6ClNO2/c1-2-13(20-21-19)14-9-22-7-6-12(17)15(22)16(24)23(14)11-5-3-4-10(18)8-11;1-2-14(21)13-9-19-7-6-12(17)15(19)16(22)20(13)11-5-3-4-10(18)8-11;15-12-4-5-17-7-11(8-19)18(14(20)13(12)17)10-3-1-2-9(16)6-10;1-9-8-17-6-5-12(15)13(17)14(19)18(9)11-4-2-3-10(16)7-11;1-6(12)5-11-4-3-7(10)8(11)9(13)14-2;1-5-4-11-3-2-6(9)7(11)8(12)10-5;1-10-6(9)5-4(7)2-3-8-5/h3-9,13H,2H2,1H3;3-9,14,21H,2H2,1H3;1-8H;2-8H,1H3;3-4H,5H2,1-2H3;2-4H,1H3,(H,10,12);2-3,8H,1H3. The number of aromatic nitrogens is 12. The molecule has 0 amide bonds. The molecule has 0 radical (unpaired) electrons. The van der Waals surface area contributed by atoms with Gasteiger partial charge in [0.05, 0.1) is 102 Å². The Morgan fingerprint density at radius 1 is 0.504 bits per heavy atom. The van der Waals surface area contributed by atoms with Crippen molar-refractivity contribution in [3.63, 3.8) is 0 Å². The van der Waals surface area contributed by atoms with Crippen LogP contribution in [-0.2, 0) is 20.8 Å².